The first-order chi connectivity index (χ1) is 5.20. The van der Waals surface area contributed by atoms with Crippen molar-refractivity contribution in [2.45, 2.75) is 39.2 Å². The van der Waals surface area contributed by atoms with Crippen molar-refractivity contribution < 1.29 is 5.11 Å². The first-order valence-corrected chi connectivity index (χ1v) is 4.53. The SMILES string of the molecule is CCCC(C)CC(O)CNC. The fourth-order valence-corrected chi connectivity index (χ4v) is 1.39. The maximum absolute atomic E-state index is 9.38. The first-order valence-electron chi connectivity index (χ1n) is 4.53. The van der Waals surface area contributed by atoms with Crippen LogP contribution >= 0.6 is 0 Å². The van der Waals surface area contributed by atoms with Crippen LogP contribution in [-0.2, 0) is 0 Å². The minimum absolute atomic E-state index is 0.165. The Hall–Kier alpha value is -0.0800. The van der Waals surface area contributed by atoms with Crippen LogP contribution in [0.25, 0.3) is 0 Å². The van der Waals surface area contributed by atoms with Crippen LogP contribution in [0.5, 0.6) is 0 Å². The minimum atomic E-state index is -0.165. The van der Waals surface area contributed by atoms with Gasteiger partial charge in [-0.1, -0.05) is 26.7 Å². The summed E-state index contributed by atoms with van der Waals surface area (Å²) in [7, 11) is 1.87. The number of aliphatic hydroxyl groups excluding tert-OH is 1. The van der Waals surface area contributed by atoms with Crippen LogP contribution in [0, 0.1) is 5.92 Å². The fraction of sp³-hybridized carbons (Fsp3) is 1.00. The van der Waals surface area contributed by atoms with Gasteiger partial charge in [-0.3, -0.25) is 0 Å². The van der Waals surface area contributed by atoms with E-state index in [0.717, 1.165) is 6.42 Å². The Bertz CT molecular complexity index is 75.6. The van der Waals surface area contributed by atoms with Crippen LogP contribution < -0.4 is 5.32 Å². The molecule has 2 atom stereocenters. The Morgan fingerprint density at radius 1 is 1.45 bits per heavy atom. The Balaban J connectivity index is 3.32. The van der Waals surface area contributed by atoms with E-state index in [1.165, 1.54) is 12.8 Å². The van der Waals surface area contributed by atoms with E-state index in [2.05, 4.69) is 19.2 Å². The highest BCUT2D eigenvalue weighted by molar-refractivity contribution is 4.62. The van der Waals surface area contributed by atoms with Gasteiger partial charge >= 0.3 is 0 Å². The molecule has 0 amide bonds. The van der Waals surface area contributed by atoms with Crippen LogP contribution in [0.15, 0.2) is 0 Å². The minimum Gasteiger partial charge on any atom is -0.392 e. The second-order valence-corrected chi connectivity index (χ2v) is 3.34. The van der Waals surface area contributed by atoms with E-state index in [4.69, 9.17) is 0 Å². The number of aliphatic hydroxyl groups is 1. The van der Waals surface area contributed by atoms with Crippen molar-refractivity contribution in [1.29, 1.82) is 0 Å². The molecule has 2 heteroatoms. The average Bonchev–Trinajstić information content (AvgIpc) is 1.87. The Morgan fingerprint density at radius 2 is 2.09 bits per heavy atom. The third-order valence-corrected chi connectivity index (χ3v) is 1.90. The predicted octanol–water partition coefficient (Wildman–Crippen LogP) is 1.39. The summed E-state index contributed by atoms with van der Waals surface area (Å²) in [6, 6.07) is 0. The summed E-state index contributed by atoms with van der Waals surface area (Å²) in [5.74, 6) is 0.656. The van der Waals surface area contributed by atoms with E-state index in [-0.39, 0.29) is 6.10 Å². The first kappa shape index (κ1) is 10.9. The van der Waals surface area contributed by atoms with Crippen molar-refractivity contribution >= 4 is 0 Å². The van der Waals surface area contributed by atoms with E-state index in [1.54, 1.807) is 0 Å². The molecule has 0 aromatic heterocycles. The Labute approximate surface area is 70.0 Å². The molecule has 68 valence electrons. The summed E-state index contributed by atoms with van der Waals surface area (Å²) in [5, 5.41) is 12.3. The molecular weight excluding hydrogens is 138 g/mol. The molecule has 0 aliphatic carbocycles. The lowest BCUT2D eigenvalue weighted by Crippen LogP contribution is -2.25. The largest absolute Gasteiger partial charge is 0.392 e. The second-order valence-electron chi connectivity index (χ2n) is 3.34. The number of likely N-dealkylation sites (N-methyl/N-ethyl adjacent to an activating group) is 1. The van der Waals surface area contributed by atoms with Gasteiger partial charge in [-0.2, -0.15) is 0 Å². The maximum Gasteiger partial charge on any atom is 0.0667 e. The highest BCUT2D eigenvalue weighted by Crippen LogP contribution is 2.11. The molecule has 0 radical (unpaired) electrons. The summed E-state index contributed by atoms with van der Waals surface area (Å²) >= 11 is 0. The quantitative estimate of drug-likeness (QED) is 0.614. The zero-order chi connectivity index (χ0) is 8.69. The van der Waals surface area contributed by atoms with Gasteiger partial charge in [0.15, 0.2) is 0 Å². The van der Waals surface area contributed by atoms with Gasteiger partial charge in [-0.15, -0.1) is 0 Å². The molecule has 0 rings (SSSR count). The van der Waals surface area contributed by atoms with Gasteiger partial charge in [0.2, 0.25) is 0 Å². The van der Waals surface area contributed by atoms with E-state index >= 15 is 0 Å². The van der Waals surface area contributed by atoms with Gasteiger partial charge < -0.3 is 10.4 Å². The smallest absolute Gasteiger partial charge is 0.0667 e. The number of hydrogen-bond donors (Lipinski definition) is 2. The summed E-state index contributed by atoms with van der Waals surface area (Å²) < 4.78 is 0. The normalized spacial score (nSPS) is 16.4. The van der Waals surface area contributed by atoms with Crippen molar-refractivity contribution in [2.24, 2.45) is 5.92 Å². The molecule has 2 unspecified atom stereocenters. The van der Waals surface area contributed by atoms with Crippen molar-refractivity contribution in [1.82, 2.24) is 5.32 Å². The zero-order valence-electron chi connectivity index (χ0n) is 7.93. The topological polar surface area (TPSA) is 32.3 Å². The van der Waals surface area contributed by atoms with Gasteiger partial charge in [-0.05, 0) is 19.4 Å². The number of hydrogen-bond acceptors (Lipinski definition) is 2. The fourth-order valence-electron chi connectivity index (χ4n) is 1.39. The molecule has 0 aliphatic rings. The molecule has 0 aromatic rings. The van der Waals surface area contributed by atoms with E-state index < -0.39 is 0 Å². The molecule has 2 nitrogen and oxygen atoms in total. The van der Waals surface area contributed by atoms with E-state index in [0.29, 0.717) is 12.5 Å². The lowest BCUT2D eigenvalue weighted by atomic mass is 9.99. The van der Waals surface area contributed by atoms with Crippen LogP contribution in [-0.4, -0.2) is 24.8 Å². The van der Waals surface area contributed by atoms with E-state index in [1.807, 2.05) is 7.05 Å². The van der Waals surface area contributed by atoms with E-state index in [9.17, 15) is 5.11 Å². The highest BCUT2D eigenvalue weighted by Gasteiger charge is 2.07. The molecule has 0 bridgehead atoms. The molecule has 0 fully saturated rings. The molecule has 11 heavy (non-hydrogen) atoms. The average molecular weight is 159 g/mol. The molecule has 0 aliphatic heterocycles. The second kappa shape index (κ2) is 6.62. The van der Waals surface area contributed by atoms with Gasteiger partial charge in [0, 0.05) is 6.54 Å². The third kappa shape index (κ3) is 6.32. The molecule has 0 saturated carbocycles. The van der Waals surface area contributed by atoms with Crippen LogP contribution in [0.2, 0.25) is 0 Å². The number of rotatable bonds is 6. The van der Waals surface area contributed by atoms with Crippen LogP contribution in [0.4, 0.5) is 0 Å². The van der Waals surface area contributed by atoms with Gasteiger partial charge in [0.1, 0.15) is 0 Å². The Kier molecular flexibility index (Phi) is 6.57. The van der Waals surface area contributed by atoms with Gasteiger partial charge in [-0.25, -0.2) is 0 Å². The van der Waals surface area contributed by atoms with Gasteiger partial charge in [0.05, 0.1) is 6.10 Å². The Morgan fingerprint density at radius 3 is 2.55 bits per heavy atom. The monoisotopic (exact) mass is 159 g/mol. The highest BCUT2D eigenvalue weighted by atomic mass is 16.3. The zero-order valence-corrected chi connectivity index (χ0v) is 7.93. The standard InChI is InChI=1S/C9H21NO/c1-4-5-8(2)6-9(11)7-10-3/h8-11H,4-7H2,1-3H3. The number of nitrogens with one attached hydrogen (secondary N) is 1. The van der Waals surface area contributed by atoms with Crippen molar-refractivity contribution in [3.8, 4) is 0 Å². The predicted molar refractivity (Wildman–Crippen MR) is 48.6 cm³/mol. The maximum atomic E-state index is 9.38. The van der Waals surface area contributed by atoms with Crippen LogP contribution in [0.1, 0.15) is 33.1 Å². The summed E-state index contributed by atoms with van der Waals surface area (Å²) in [6.45, 7) is 5.09. The lowest BCUT2D eigenvalue weighted by molar-refractivity contribution is 0.143. The summed E-state index contributed by atoms with van der Waals surface area (Å²) in [5.41, 5.74) is 0. The van der Waals surface area contributed by atoms with Gasteiger partial charge in [0.25, 0.3) is 0 Å². The lowest BCUT2D eigenvalue weighted by Gasteiger charge is -2.14. The van der Waals surface area contributed by atoms with Crippen molar-refractivity contribution in [2.75, 3.05) is 13.6 Å². The molecule has 0 heterocycles. The molecular formula is C9H21NO. The molecule has 0 aromatic carbocycles. The third-order valence-electron chi connectivity index (χ3n) is 1.90. The van der Waals surface area contributed by atoms with Crippen molar-refractivity contribution in [3.63, 3.8) is 0 Å². The molecule has 2 N–H and O–H groups in total. The van der Waals surface area contributed by atoms with Crippen molar-refractivity contribution in [3.05, 3.63) is 0 Å². The molecule has 0 spiro atoms. The summed E-state index contributed by atoms with van der Waals surface area (Å²) in [4.78, 5) is 0. The van der Waals surface area contributed by atoms with Crippen LogP contribution in [0.3, 0.4) is 0 Å². The molecule has 0 saturated heterocycles. The summed E-state index contributed by atoms with van der Waals surface area (Å²) in [6.07, 6.45) is 3.20.